The smallest absolute Gasteiger partial charge is 0.393 e. The van der Waals surface area contributed by atoms with Crippen LogP contribution < -0.4 is 41.5 Å². The van der Waals surface area contributed by atoms with Gasteiger partial charge in [0.05, 0.1) is 24.7 Å². The maximum Gasteiger partial charge on any atom is 0.520 e. The molecule has 6 saturated heterocycles. The maximum atomic E-state index is 13.4. The number of cyclic esters (lactones) is 4. The Kier molecular flexibility index (Phi) is 18.6. The van der Waals surface area contributed by atoms with Gasteiger partial charge in [-0.3, -0.25) is 19.2 Å². The minimum atomic E-state index is -5.43. The molecular weight excluding hydrogens is 1380 g/mol. The van der Waals surface area contributed by atoms with Crippen molar-refractivity contribution in [2.24, 2.45) is 11.8 Å². The first-order chi connectivity index (χ1) is 46.0. The predicted molar refractivity (Wildman–Crippen MR) is 367 cm³/mol. The van der Waals surface area contributed by atoms with E-state index in [0.717, 1.165) is 0 Å². The van der Waals surface area contributed by atoms with E-state index in [1.165, 1.54) is 7.11 Å². The van der Waals surface area contributed by atoms with Gasteiger partial charge in [-0.15, -0.1) is 0 Å². The first kappa shape index (κ1) is 65.9. The minimum absolute atomic E-state index is 0.0862. The maximum absolute atomic E-state index is 13.4. The highest BCUT2D eigenvalue weighted by Gasteiger charge is 2.79. The van der Waals surface area contributed by atoms with Gasteiger partial charge in [0, 0.05) is 43.4 Å². The van der Waals surface area contributed by atoms with Gasteiger partial charge < -0.3 is 67.4 Å². The average Bonchev–Trinajstić information content (AvgIpc) is 0.981. The number of fused-ring (bicyclic) bond motifs is 6. The van der Waals surface area contributed by atoms with Gasteiger partial charge in [-0.05, 0) is 43.2 Å². The van der Waals surface area contributed by atoms with Gasteiger partial charge in [0.2, 0.25) is 0 Å². The average molecular weight is 1450 g/mol. The van der Waals surface area contributed by atoms with E-state index in [1.807, 2.05) is 256 Å². The number of ether oxygens (including phenoxy) is 2. The lowest BCUT2D eigenvalue weighted by atomic mass is 10.0. The number of rotatable bonds is 17. The molecule has 0 saturated carbocycles. The van der Waals surface area contributed by atoms with Crippen LogP contribution in [0.4, 0.5) is 0 Å². The van der Waals surface area contributed by atoms with Crippen molar-refractivity contribution < 1.29 is 86.6 Å². The topological polar surface area (TPSA) is 216 Å². The van der Waals surface area contributed by atoms with Crippen molar-refractivity contribution in [3.8, 4) is 0 Å². The van der Waals surface area contributed by atoms with Crippen molar-refractivity contribution in [3.05, 3.63) is 243 Å². The van der Waals surface area contributed by atoms with E-state index >= 15 is 0 Å². The quantitative estimate of drug-likeness (QED) is 0.0677. The van der Waals surface area contributed by atoms with E-state index in [9.17, 15) is 19.2 Å². The van der Waals surface area contributed by atoms with Gasteiger partial charge in [0.25, 0.3) is 0 Å². The predicted octanol–water partition coefficient (Wildman–Crippen LogP) is 4.84. The molecule has 0 amide bonds. The fourth-order valence-corrected chi connectivity index (χ4v) is 66.0. The summed E-state index contributed by atoms with van der Waals surface area (Å²) in [6, 6.07) is 75.6. The lowest BCUT2D eigenvalue weighted by Crippen LogP contribution is -2.89. The van der Waals surface area contributed by atoms with Gasteiger partial charge in [0.1, 0.15) is 0 Å². The monoisotopic (exact) mass is 1450 g/mol. The van der Waals surface area contributed by atoms with Crippen LogP contribution in [0.5, 0.6) is 0 Å². The third-order valence-electron chi connectivity index (χ3n) is 17.3. The van der Waals surface area contributed by atoms with Crippen LogP contribution in [0.1, 0.15) is 38.5 Å². The highest BCUT2D eigenvalue weighted by Crippen LogP contribution is 2.45. The fourth-order valence-electron chi connectivity index (χ4n) is 12.8. The fraction of sp³-hybridized carbons (Fsp3) is 0.200. The normalized spacial score (nSPS) is 33.2. The summed E-state index contributed by atoms with van der Waals surface area (Å²) in [6.45, 7) is 3.84. The van der Waals surface area contributed by atoms with Crippen molar-refractivity contribution in [1.82, 2.24) is 0 Å². The van der Waals surface area contributed by atoms with E-state index in [4.69, 9.17) is 67.4 Å². The molecule has 0 aromatic heterocycles. The molecule has 20 nitrogen and oxygen atoms in total. The molecule has 0 spiro atoms. The Morgan fingerprint density at radius 2 is 0.621 bits per heavy atom. The molecule has 0 aliphatic carbocycles. The molecule has 6 bridgehead atoms. The van der Waals surface area contributed by atoms with Gasteiger partial charge in [-0.25, -0.2) is 0 Å². The van der Waals surface area contributed by atoms with E-state index < -0.39 is 124 Å². The van der Waals surface area contributed by atoms with E-state index in [1.54, 1.807) is 0 Å². The Morgan fingerprint density at radius 1 is 0.347 bits per heavy atom. The van der Waals surface area contributed by atoms with Crippen molar-refractivity contribution >= 4 is 153 Å². The molecule has 14 rings (SSSR count). The Bertz CT molecular complexity index is 4050. The van der Waals surface area contributed by atoms with E-state index in [0.29, 0.717) is 41.5 Å². The number of esters is 4. The Hall–Kier alpha value is -6.35. The van der Waals surface area contributed by atoms with Crippen LogP contribution in [0.3, 0.4) is 0 Å². The van der Waals surface area contributed by atoms with Crippen LogP contribution in [-0.2, 0) is 86.6 Å². The summed E-state index contributed by atoms with van der Waals surface area (Å²) in [5, 5.41) is 3.70. The van der Waals surface area contributed by atoms with Crippen LogP contribution in [0.2, 0.25) is 25.2 Å². The molecule has 12 atom stereocenters. The van der Waals surface area contributed by atoms with Crippen molar-refractivity contribution in [2.45, 2.75) is 63.7 Å². The lowest BCUT2D eigenvalue weighted by Gasteiger charge is -2.58. The van der Waals surface area contributed by atoms with E-state index in [-0.39, 0.29) is 50.6 Å². The molecule has 8 aromatic rings. The Balaban J connectivity index is 1.17. The van der Waals surface area contributed by atoms with Gasteiger partial charge in [0.15, 0.2) is 0 Å². The number of hydrogen-bond acceptors (Lipinski definition) is 20. The highest BCUT2D eigenvalue weighted by molar-refractivity contribution is 7.10. The van der Waals surface area contributed by atoms with Crippen LogP contribution in [0, 0.1) is 11.8 Å². The molecule has 30 heteroatoms. The van der Waals surface area contributed by atoms with Crippen molar-refractivity contribution in [1.29, 1.82) is 0 Å². The molecule has 8 aromatic carbocycles. The molecular formula is C65H68O20Si10. The minimum Gasteiger partial charge on any atom is -0.393 e. The summed E-state index contributed by atoms with van der Waals surface area (Å²) in [7, 11) is -47.5. The zero-order valence-corrected chi connectivity index (χ0v) is 62.3. The lowest BCUT2D eigenvalue weighted by molar-refractivity contribution is -0.155. The molecule has 0 N–H and O–H groups in total. The zero-order chi connectivity index (χ0) is 65.4. The first-order valence-corrected chi connectivity index (χ1v) is 50.2. The number of carbonyl (C=O) groups excluding carboxylic acids is 4. The van der Waals surface area contributed by atoms with Crippen molar-refractivity contribution in [2.75, 3.05) is 7.11 Å². The summed E-state index contributed by atoms with van der Waals surface area (Å²) in [6.07, 6.45) is 0.822. The molecule has 95 heavy (non-hydrogen) atoms. The molecule has 12 unspecified atom stereocenters. The SMILES string of the molecule is CO[Si]1(c2ccccc2)O[Si](C)(CCCC2CC(=O)OC2=O)O[Si]2(c3ccccc3)O[Si]3(c4ccccc4)O[SiH](c4ccccc4)O[Si]4(c5ccccc5)O[Si](C)(CCCC5CC(=O)OC5=O)O[Si](c5ccccc5)(O3)O[Si](c3ccccc3)(O2)O[Si](c2ccccc2)(O1)O4. The van der Waals surface area contributed by atoms with Gasteiger partial charge in [-0.2, -0.15) is 0 Å². The molecule has 6 aliphatic heterocycles. The number of hydrogen-bond donors (Lipinski definition) is 0. The Morgan fingerprint density at radius 3 is 0.958 bits per heavy atom. The summed E-state index contributed by atoms with van der Waals surface area (Å²) in [5.41, 5.74) is 0. The molecule has 6 heterocycles. The van der Waals surface area contributed by atoms with Crippen molar-refractivity contribution in [3.63, 3.8) is 0 Å². The van der Waals surface area contributed by atoms with Gasteiger partial charge in [-0.1, -0.05) is 255 Å². The number of carbonyl (C=O) groups is 4. The summed E-state index contributed by atoms with van der Waals surface area (Å²) >= 11 is 0. The van der Waals surface area contributed by atoms with Crippen LogP contribution in [-0.4, -0.2) is 119 Å². The summed E-state index contributed by atoms with van der Waals surface area (Å²) in [4.78, 5) is 52.3. The second-order valence-corrected chi connectivity index (χ2v) is 54.2. The third kappa shape index (κ3) is 13.2. The summed E-state index contributed by atoms with van der Waals surface area (Å²) in [5.74, 6) is -3.86. The standard InChI is InChI=1S/C65H68O20Si10/c1-70-89(55-34-14-5-15-35-55)75-87(2,48-28-30-52-50-62(66)71-64(52)68)77-92(58-40-20-8-21-41-58)81-91(57-38-18-7-19-39-57)74-86(54-32-12-4-13-33-54)73-90(56-36-16-6-17-37-56)76-88(3,49-29-31-53-51-63(67)72-65(53)69)78-93(82-91,59-42-22-9-23-43-59)84-95(83-92,61-46-26-11-27-47-61)85-94(79-89,80-90)60-44-24-10-25-45-60/h4-27,32-47,52-53,86H,28-31,48-51H2,1-3H3. The number of benzene rings is 8. The Labute approximate surface area is 561 Å². The third-order valence-corrected chi connectivity index (χ3v) is 59.1. The van der Waals surface area contributed by atoms with Gasteiger partial charge >= 0.3 is 112 Å². The summed E-state index contributed by atoms with van der Waals surface area (Å²) < 4.78 is 127. The highest BCUT2D eigenvalue weighted by atomic mass is 28.6. The largest absolute Gasteiger partial charge is 0.520 e. The molecule has 6 fully saturated rings. The molecule has 6 aliphatic rings. The first-order valence-electron chi connectivity index (χ1n) is 31.6. The van der Waals surface area contributed by atoms with Crippen LogP contribution in [0.25, 0.3) is 0 Å². The van der Waals surface area contributed by atoms with Crippen LogP contribution in [0.15, 0.2) is 243 Å². The second-order valence-electron chi connectivity index (χ2n) is 24.2. The zero-order valence-electron chi connectivity index (χ0n) is 52.1. The molecule has 0 radical (unpaired) electrons. The molecule has 488 valence electrons. The second kappa shape index (κ2) is 26.8. The van der Waals surface area contributed by atoms with Crippen LogP contribution >= 0.6 is 0 Å². The van der Waals surface area contributed by atoms with E-state index in [2.05, 4.69) is 0 Å².